The SMILES string of the molecule is C1NC(c2nn[nH]n2)CS1. The number of hydrogen-bond acceptors (Lipinski definition) is 5. The highest BCUT2D eigenvalue weighted by Gasteiger charge is 2.19. The molecule has 2 N–H and O–H groups in total. The molecule has 0 radical (unpaired) electrons. The van der Waals surface area contributed by atoms with Gasteiger partial charge in [0.05, 0.1) is 6.04 Å². The minimum atomic E-state index is 0.295. The Bertz CT molecular complexity index is 191. The first-order valence-electron chi connectivity index (χ1n) is 3.01. The lowest BCUT2D eigenvalue weighted by atomic mass is 10.3. The van der Waals surface area contributed by atoms with Crippen LogP contribution in [0.15, 0.2) is 0 Å². The van der Waals surface area contributed by atoms with Crippen molar-refractivity contribution in [2.45, 2.75) is 6.04 Å². The van der Waals surface area contributed by atoms with Gasteiger partial charge in [-0.15, -0.1) is 22.0 Å². The summed E-state index contributed by atoms with van der Waals surface area (Å²) in [6, 6.07) is 0.295. The van der Waals surface area contributed by atoms with Crippen LogP contribution < -0.4 is 5.32 Å². The van der Waals surface area contributed by atoms with Crippen LogP contribution >= 0.6 is 11.8 Å². The van der Waals surface area contributed by atoms with Crippen molar-refractivity contribution in [2.24, 2.45) is 0 Å². The maximum Gasteiger partial charge on any atom is 0.192 e. The predicted molar refractivity (Wildman–Crippen MR) is 37.4 cm³/mol. The molecule has 0 saturated carbocycles. The van der Waals surface area contributed by atoms with Crippen LogP contribution in [-0.4, -0.2) is 32.3 Å². The summed E-state index contributed by atoms with van der Waals surface area (Å²) < 4.78 is 0. The summed E-state index contributed by atoms with van der Waals surface area (Å²) in [6.07, 6.45) is 0. The normalized spacial score (nSPS) is 25.4. The van der Waals surface area contributed by atoms with Crippen molar-refractivity contribution < 1.29 is 0 Å². The van der Waals surface area contributed by atoms with Crippen LogP contribution in [0, 0.1) is 0 Å². The molecule has 1 aliphatic rings. The quantitative estimate of drug-likeness (QED) is 0.577. The number of aromatic amines is 1. The van der Waals surface area contributed by atoms with Gasteiger partial charge in [-0.25, -0.2) is 0 Å². The molecule has 10 heavy (non-hydrogen) atoms. The number of nitrogens with zero attached hydrogens (tertiary/aromatic N) is 3. The van der Waals surface area contributed by atoms with Crippen LogP contribution in [0.2, 0.25) is 0 Å². The van der Waals surface area contributed by atoms with E-state index in [0.717, 1.165) is 17.5 Å². The molecule has 2 heterocycles. The third-order valence-corrected chi connectivity index (χ3v) is 2.33. The Labute approximate surface area is 62.0 Å². The van der Waals surface area contributed by atoms with Gasteiger partial charge in [-0.1, -0.05) is 5.21 Å². The zero-order valence-electron chi connectivity index (χ0n) is 5.24. The average molecular weight is 157 g/mol. The van der Waals surface area contributed by atoms with Crippen molar-refractivity contribution in [1.82, 2.24) is 25.9 Å². The molecule has 2 rings (SSSR count). The fourth-order valence-corrected chi connectivity index (χ4v) is 1.82. The van der Waals surface area contributed by atoms with Gasteiger partial charge in [-0.3, -0.25) is 5.32 Å². The summed E-state index contributed by atoms with van der Waals surface area (Å²) >= 11 is 1.85. The highest BCUT2D eigenvalue weighted by Crippen LogP contribution is 2.19. The van der Waals surface area contributed by atoms with Crippen LogP contribution in [0.3, 0.4) is 0 Å². The van der Waals surface area contributed by atoms with Crippen molar-refractivity contribution in [2.75, 3.05) is 11.6 Å². The Kier molecular flexibility index (Phi) is 1.56. The average Bonchev–Trinajstić information content (AvgIpc) is 2.59. The van der Waals surface area contributed by atoms with Crippen molar-refractivity contribution in [3.63, 3.8) is 0 Å². The summed E-state index contributed by atoms with van der Waals surface area (Å²) in [4.78, 5) is 0. The van der Waals surface area contributed by atoms with E-state index in [-0.39, 0.29) is 0 Å². The summed E-state index contributed by atoms with van der Waals surface area (Å²) in [7, 11) is 0. The molecule has 0 spiro atoms. The molecule has 0 aliphatic carbocycles. The van der Waals surface area contributed by atoms with Gasteiger partial charge in [-0.2, -0.15) is 5.21 Å². The van der Waals surface area contributed by atoms with Crippen LogP contribution in [0.1, 0.15) is 11.9 Å². The Balaban J connectivity index is 2.12. The number of tetrazole rings is 1. The Hall–Kier alpha value is -0.620. The molecule has 5 nitrogen and oxygen atoms in total. The Morgan fingerprint density at radius 1 is 1.60 bits per heavy atom. The lowest BCUT2D eigenvalue weighted by Crippen LogP contribution is -2.15. The molecule has 1 aromatic heterocycles. The van der Waals surface area contributed by atoms with Gasteiger partial charge >= 0.3 is 0 Å². The van der Waals surface area contributed by atoms with E-state index in [9.17, 15) is 0 Å². The lowest BCUT2D eigenvalue weighted by Gasteiger charge is -1.99. The summed E-state index contributed by atoms with van der Waals surface area (Å²) in [6.45, 7) is 0. The Morgan fingerprint density at radius 3 is 3.20 bits per heavy atom. The second-order valence-electron chi connectivity index (χ2n) is 2.04. The number of aromatic nitrogens is 4. The molecular weight excluding hydrogens is 150 g/mol. The smallest absolute Gasteiger partial charge is 0.192 e. The Morgan fingerprint density at radius 2 is 2.60 bits per heavy atom. The van der Waals surface area contributed by atoms with Crippen LogP contribution in [0.5, 0.6) is 0 Å². The van der Waals surface area contributed by atoms with Crippen molar-refractivity contribution >= 4 is 11.8 Å². The molecule has 54 valence electrons. The molecule has 1 aromatic rings. The second kappa shape index (κ2) is 2.55. The number of H-pyrrole nitrogens is 1. The topological polar surface area (TPSA) is 66.5 Å². The van der Waals surface area contributed by atoms with E-state index in [4.69, 9.17) is 0 Å². The van der Waals surface area contributed by atoms with Gasteiger partial charge in [-0.05, 0) is 0 Å². The largest absolute Gasteiger partial charge is 0.297 e. The van der Waals surface area contributed by atoms with Crippen LogP contribution in [0.4, 0.5) is 0 Å². The molecule has 0 amide bonds. The van der Waals surface area contributed by atoms with E-state index >= 15 is 0 Å². The highest BCUT2D eigenvalue weighted by molar-refractivity contribution is 7.99. The van der Waals surface area contributed by atoms with Gasteiger partial charge in [0.15, 0.2) is 5.82 Å². The molecule has 6 heteroatoms. The van der Waals surface area contributed by atoms with Crippen LogP contribution in [-0.2, 0) is 0 Å². The predicted octanol–water partition coefficient (Wildman–Crippen LogP) is -0.465. The lowest BCUT2D eigenvalue weighted by molar-refractivity contribution is 0.633. The van der Waals surface area contributed by atoms with Crippen molar-refractivity contribution in [3.8, 4) is 0 Å². The summed E-state index contributed by atoms with van der Waals surface area (Å²) in [5.41, 5.74) is 0. The fourth-order valence-electron chi connectivity index (χ4n) is 0.878. The highest BCUT2D eigenvalue weighted by atomic mass is 32.2. The van der Waals surface area contributed by atoms with E-state index in [1.54, 1.807) is 0 Å². The molecule has 0 bridgehead atoms. The third-order valence-electron chi connectivity index (χ3n) is 1.39. The molecule has 1 saturated heterocycles. The number of hydrogen-bond donors (Lipinski definition) is 2. The van der Waals surface area contributed by atoms with Crippen molar-refractivity contribution in [3.05, 3.63) is 5.82 Å². The van der Waals surface area contributed by atoms with E-state index < -0.39 is 0 Å². The standard InChI is InChI=1S/C4H7N5S/c1-3(5-2-10-1)4-6-8-9-7-4/h3,5H,1-2H2,(H,6,7,8,9). The van der Waals surface area contributed by atoms with Gasteiger partial charge < -0.3 is 0 Å². The van der Waals surface area contributed by atoms with E-state index in [1.807, 2.05) is 11.8 Å². The molecule has 0 aromatic carbocycles. The van der Waals surface area contributed by atoms with Crippen LogP contribution in [0.25, 0.3) is 0 Å². The fraction of sp³-hybridized carbons (Fsp3) is 0.750. The van der Waals surface area contributed by atoms with E-state index in [1.165, 1.54) is 0 Å². The molecule has 1 unspecified atom stereocenters. The first-order valence-corrected chi connectivity index (χ1v) is 4.17. The van der Waals surface area contributed by atoms with Gasteiger partial charge in [0.1, 0.15) is 0 Å². The van der Waals surface area contributed by atoms with Gasteiger partial charge in [0.25, 0.3) is 0 Å². The monoisotopic (exact) mass is 157 g/mol. The number of nitrogens with one attached hydrogen (secondary N) is 2. The van der Waals surface area contributed by atoms with Crippen molar-refractivity contribution in [1.29, 1.82) is 0 Å². The molecule has 1 atom stereocenters. The minimum Gasteiger partial charge on any atom is -0.297 e. The van der Waals surface area contributed by atoms with Gasteiger partial charge in [0.2, 0.25) is 0 Å². The maximum atomic E-state index is 3.88. The van der Waals surface area contributed by atoms with Gasteiger partial charge in [0, 0.05) is 11.6 Å². The van der Waals surface area contributed by atoms with E-state index in [2.05, 4.69) is 25.9 Å². The summed E-state index contributed by atoms with van der Waals surface area (Å²) in [5.74, 6) is 2.80. The third kappa shape index (κ3) is 0.994. The first-order chi connectivity index (χ1) is 4.97. The zero-order chi connectivity index (χ0) is 6.81. The number of rotatable bonds is 1. The number of thioether (sulfide) groups is 1. The maximum absolute atomic E-state index is 3.88. The minimum absolute atomic E-state index is 0.295. The first kappa shape index (κ1) is 6.11. The molecule has 1 fully saturated rings. The van der Waals surface area contributed by atoms with E-state index in [0.29, 0.717) is 6.04 Å². The second-order valence-corrected chi connectivity index (χ2v) is 3.07. The summed E-state index contributed by atoms with van der Waals surface area (Å²) in [5, 5.41) is 16.9. The molecular formula is C4H7N5S. The molecule has 1 aliphatic heterocycles. The zero-order valence-corrected chi connectivity index (χ0v) is 6.06.